The van der Waals surface area contributed by atoms with E-state index in [1.165, 1.54) is 0 Å². The number of esters is 1. The molecule has 1 saturated heterocycles. The van der Waals surface area contributed by atoms with Gasteiger partial charge in [-0.3, -0.25) is 9.59 Å². The summed E-state index contributed by atoms with van der Waals surface area (Å²) in [5.41, 5.74) is 5.65. The Bertz CT molecular complexity index is 1520. The molecule has 3 aromatic rings. The second kappa shape index (κ2) is 13.2. The van der Waals surface area contributed by atoms with E-state index in [0.29, 0.717) is 36.5 Å². The number of carbonyl (C=O) groups excluding carboxylic acids is 3. The molecule has 2 amide bonds. The molecule has 0 aliphatic carbocycles. The van der Waals surface area contributed by atoms with Gasteiger partial charge in [0.1, 0.15) is 5.75 Å². The fraction of sp³-hybridized carbons (Fsp3) is 0.343. The Morgan fingerprint density at radius 1 is 0.907 bits per heavy atom. The molecule has 1 unspecified atom stereocenters. The van der Waals surface area contributed by atoms with Crippen LogP contribution in [0.3, 0.4) is 0 Å². The number of nitrogens with zero attached hydrogens (tertiary/aromatic N) is 3. The van der Waals surface area contributed by atoms with Crippen LogP contribution in [0.2, 0.25) is 0 Å². The molecule has 8 nitrogen and oxygen atoms in total. The number of para-hydroxylation sites is 2. The maximum absolute atomic E-state index is 13.4. The van der Waals surface area contributed by atoms with E-state index in [1.54, 1.807) is 18.9 Å². The van der Waals surface area contributed by atoms with E-state index in [2.05, 4.69) is 4.90 Å². The first-order chi connectivity index (χ1) is 20.8. The number of amides is 2. The van der Waals surface area contributed by atoms with E-state index < -0.39 is 5.97 Å². The van der Waals surface area contributed by atoms with Gasteiger partial charge in [-0.1, -0.05) is 54.1 Å². The monoisotopic (exact) mass is 581 g/mol. The van der Waals surface area contributed by atoms with E-state index in [1.807, 2.05) is 91.5 Å². The Hall–Kier alpha value is -4.59. The molecule has 5 rings (SSSR count). The third-order valence-corrected chi connectivity index (χ3v) is 8.30. The third kappa shape index (κ3) is 6.43. The molecular weight excluding hydrogens is 542 g/mol. The van der Waals surface area contributed by atoms with E-state index >= 15 is 0 Å². The van der Waals surface area contributed by atoms with Crippen molar-refractivity contribution in [3.05, 3.63) is 106 Å². The van der Waals surface area contributed by atoms with Crippen LogP contribution in [0, 0.1) is 6.92 Å². The Morgan fingerprint density at radius 2 is 1.63 bits per heavy atom. The number of benzene rings is 3. The van der Waals surface area contributed by atoms with Crippen molar-refractivity contribution in [3.8, 4) is 5.75 Å². The number of carbonyl (C=O) groups is 3. The second-order valence-electron chi connectivity index (χ2n) is 11.0. The summed E-state index contributed by atoms with van der Waals surface area (Å²) in [7, 11) is 1.67. The van der Waals surface area contributed by atoms with Gasteiger partial charge in [0.25, 0.3) is 5.91 Å². The molecule has 8 heteroatoms. The Kier molecular flexibility index (Phi) is 9.14. The van der Waals surface area contributed by atoms with Crippen LogP contribution < -0.4 is 9.64 Å². The van der Waals surface area contributed by atoms with Crippen LogP contribution in [0.15, 0.2) is 84.1 Å². The minimum atomic E-state index is -0.393. The van der Waals surface area contributed by atoms with Crippen LogP contribution in [-0.4, -0.2) is 67.5 Å². The van der Waals surface area contributed by atoms with E-state index in [0.717, 1.165) is 41.2 Å². The molecule has 0 saturated carbocycles. The second-order valence-corrected chi connectivity index (χ2v) is 11.0. The zero-order valence-electron chi connectivity index (χ0n) is 25.3. The van der Waals surface area contributed by atoms with Crippen LogP contribution in [0.1, 0.15) is 53.2 Å². The molecule has 0 radical (unpaired) electrons. The summed E-state index contributed by atoms with van der Waals surface area (Å²) in [6, 6.07) is 23.3. The smallest absolute Gasteiger partial charge is 0.336 e. The summed E-state index contributed by atoms with van der Waals surface area (Å²) in [5.74, 6) is 0.0177. The van der Waals surface area contributed by atoms with Crippen LogP contribution >= 0.6 is 0 Å². The summed E-state index contributed by atoms with van der Waals surface area (Å²) in [4.78, 5) is 45.6. The van der Waals surface area contributed by atoms with Crippen molar-refractivity contribution >= 4 is 23.5 Å². The predicted molar refractivity (Wildman–Crippen MR) is 166 cm³/mol. The van der Waals surface area contributed by atoms with Gasteiger partial charge < -0.3 is 24.2 Å². The predicted octanol–water partition coefficient (Wildman–Crippen LogP) is 5.32. The summed E-state index contributed by atoms with van der Waals surface area (Å²) >= 11 is 0. The summed E-state index contributed by atoms with van der Waals surface area (Å²) in [6.07, 6.45) is 0.187. The molecule has 0 N–H and O–H groups in total. The van der Waals surface area contributed by atoms with Gasteiger partial charge in [0.15, 0.2) is 0 Å². The fourth-order valence-electron chi connectivity index (χ4n) is 6.01. The summed E-state index contributed by atoms with van der Waals surface area (Å²) in [6.45, 7) is 8.83. The van der Waals surface area contributed by atoms with Gasteiger partial charge in [0.05, 0.1) is 31.5 Å². The Labute approximate surface area is 253 Å². The molecular formula is C35H39N3O5. The fourth-order valence-corrected chi connectivity index (χ4v) is 6.01. The maximum atomic E-state index is 13.4. The number of methoxy groups -OCH3 is 1. The zero-order valence-corrected chi connectivity index (χ0v) is 25.3. The largest absolute Gasteiger partial charge is 0.495 e. The van der Waals surface area contributed by atoms with Gasteiger partial charge in [0, 0.05) is 49.8 Å². The van der Waals surface area contributed by atoms with Crippen molar-refractivity contribution in [1.29, 1.82) is 0 Å². The highest BCUT2D eigenvalue weighted by Gasteiger charge is 2.37. The van der Waals surface area contributed by atoms with Gasteiger partial charge in [-0.2, -0.15) is 0 Å². The van der Waals surface area contributed by atoms with Crippen LogP contribution in [0.4, 0.5) is 5.69 Å². The zero-order chi connectivity index (χ0) is 30.5. The highest BCUT2D eigenvalue weighted by Crippen LogP contribution is 2.38. The normalized spacial score (nSPS) is 17.3. The third-order valence-electron chi connectivity index (χ3n) is 8.30. The first kappa shape index (κ1) is 29.9. The molecule has 2 aliphatic rings. The number of piperazine rings is 1. The van der Waals surface area contributed by atoms with Gasteiger partial charge in [0.2, 0.25) is 5.91 Å². The van der Waals surface area contributed by atoms with Crippen molar-refractivity contribution < 1.29 is 23.9 Å². The molecule has 2 heterocycles. The molecule has 0 bridgehead atoms. The minimum absolute atomic E-state index is 0.0121. The van der Waals surface area contributed by atoms with Crippen molar-refractivity contribution in [2.75, 3.05) is 44.8 Å². The number of hydrogen-bond acceptors (Lipinski definition) is 6. The van der Waals surface area contributed by atoms with E-state index in [4.69, 9.17) is 9.47 Å². The summed E-state index contributed by atoms with van der Waals surface area (Å²) < 4.78 is 10.9. The molecule has 0 spiro atoms. The number of rotatable bonds is 8. The standard InChI is InChI=1S/C35H39N3O5/c1-5-43-35(41)33-25(3)38(32(39)22-29(33)28-10-8-9-24(2)21-28)23-26-13-15-27(16-14-26)34(40)37-19-17-36(18-20-37)30-11-6-7-12-31(30)42-4/h6-16,21,29H,5,17-20,22-23H2,1-4H3. The Balaban J connectivity index is 1.28. The number of ether oxygens (including phenoxy) is 2. The lowest BCUT2D eigenvalue weighted by Crippen LogP contribution is -2.48. The topological polar surface area (TPSA) is 79.4 Å². The number of allylic oxidation sites excluding steroid dienone is 1. The minimum Gasteiger partial charge on any atom is -0.495 e. The average Bonchev–Trinajstić information content (AvgIpc) is 3.03. The number of hydrogen-bond donors (Lipinski definition) is 0. The van der Waals surface area contributed by atoms with Crippen molar-refractivity contribution in [2.24, 2.45) is 0 Å². The highest BCUT2D eigenvalue weighted by atomic mass is 16.5. The molecule has 3 aromatic carbocycles. The van der Waals surface area contributed by atoms with Crippen LogP contribution in [-0.2, 0) is 20.9 Å². The first-order valence-corrected chi connectivity index (χ1v) is 14.8. The molecule has 1 atom stereocenters. The van der Waals surface area contributed by atoms with E-state index in [9.17, 15) is 14.4 Å². The molecule has 2 aliphatic heterocycles. The average molecular weight is 582 g/mol. The van der Waals surface area contributed by atoms with Crippen molar-refractivity contribution in [1.82, 2.24) is 9.80 Å². The quantitative estimate of drug-likeness (QED) is 0.335. The van der Waals surface area contributed by atoms with Crippen LogP contribution in [0.5, 0.6) is 5.75 Å². The first-order valence-electron chi connectivity index (χ1n) is 14.8. The molecule has 0 aromatic heterocycles. The maximum Gasteiger partial charge on any atom is 0.336 e. The van der Waals surface area contributed by atoms with Crippen molar-refractivity contribution in [2.45, 2.75) is 39.7 Å². The van der Waals surface area contributed by atoms with Gasteiger partial charge >= 0.3 is 5.97 Å². The molecule has 43 heavy (non-hydrogen) atoms. The number of anilines is 1. The van der Waals surface area contributed by atoms with Gasteiger partial charge in [-0.15, -0.1) is 0 Å². The van der Waals surface area contributed by atoms with Gasteiger partial charge in [-0.05, 0) is 56.2 Å². The van der Waals surface area contributed by atoms with Crippen molar-refractivity contribution in [3.63, 3.8) is 0 Å². The Morgan fingerprint density at radius 3 is 2.30 bits per heavy atom. The summed E-state index contributed by atoms with van der Waals surface area (Å²) in [5, 5.41) is 0. The van der Waals surface area contributed by atoms with Crippen LogP contribution in [0.25, 0.3) is 0 Å². The molecule has 224 valence electrons. The molecule has 1 fully saturated rings. The van der Waals surface area contributed by atoms with Gasteiger partial charge in [-0.25, -0.2) is 4.79 Å². The lowest BCUT2D eigenvalue weighted by atomic mass is 9.83. The van der Waals surface area contributed by atoms with E-state index in [-0.39, 0.29) is 30.8 Å². The lowest BCUT2D eigenvalue weighted by molar-refractivity contribution is -0.140. The number of aryl methyl sites for hydroxylation is 1. The lowest BCUT2D eigenvalue weighted by Gasteiger charge is -2.36. The highest BCUT2D eigenvalue weighted by molar-refractivity contribution is 5.96. The SMILES string of the molecule is CCOC(=O)C1=C(C)N(Cc2ccc(C(=O)N3CCN(c4ccccc4OC)CC3)cc2)C(=O)CC1c1cccc(C)c1.